The Bertz CT molecular complexity index is 1480. The van der Waals surface area contributed by atoms with Gasteiger partial charge in [-0.2, -0.15) is 26.3 Å². The van der Waals surface area contributed by atoms with Gasteiger partial charge in [0.15, 0.2) is 0 Å². The summed E-state index contributed by atoms with van der Waals surface area (Å²) in [7, 11) is 0. The van der Waals surface area contributed by atoms with Crippen molar-refractivity contribution in [2.45, 2.75) is 103 Å². The molecule has 0 saturated carbocycles. The van der Waals surface area contributed by atoms with Crippen LogP contribution in [0.1, 0.15) is 89.5 Å². The van der Waals surface area contributed by atoms with E-state index in [9.17, 15) is 40.7 Å². The van der Waals surface area contributed by atoms with Crippen LogP contribution in [-0.2, 0) is 42.8 Å². The normalized spacial score (nSPS) is 14.8. The molecule has 2 aromatic carbocycles. The predicted molar refractivity (Wildman–Crippen MR) is 193 cm³/mol. The average molecular weight is 791 g/mol. The van der Waals surface area contributed by atoms with E-state index in [4.69, 9.17) is 31.3 Å². The maximum absolute atomic E-state index is 14.4. The molecule has 0 spiro atoms. The number of urea groups is 1. The Morgan fingerprint density at radius 2 is 0.855 bits per heavy atom. The summed E-state index contributed by atoms with van der Waals surface area (Å²) in [6.07, 6.45) is -7.18. The number of alkyl halides is 6. The van der Waals surface area contributed by atoms with Crippen LogP contribution >= 0.6 is 0 Å². The number of unbranched alkanes of at least 4 members (excludes halogenated alkanes) is 2. The molecule has 1 aliphatic rings. The van der Waals surface area contributed by atoms with Gasteiger partial charge in [0.2, 0.25) is 11.8 Å². The number of hydrogen-bond acceptors (Lipinski definition) is 7. The Morgan fingerprint density at radius 3 is 1.07 bits per heavy atom. The van der Waals surface area contributed by atoms with Gasteiger partial charge in [-0.15, -0.1) is 0 Å². The van der Waals surface area contributed by atoms with Gasteiger partial charge in [0.05, 0.1) is 0 Å². The second kappa shape index (κ2) is 19.9. The average Bonchev–Trinajstić information content (AvgIpc) is 3.06. The van der Waals surface area contributed by atoms with Gasteiger partial charge >= 0.3 is 30.3 Å². The molecule has 55 heavy (non-hydrogen) atoms. The van der Waals surface area contributed by atoms with Crippen LogP contribution in [0.4, 0.5) is 31.1 Å². The van der Waals surface area contributed by atoms with Gasteiger partial charge in [0.1, 0.15) is 5.41 Å². The molecule has 0 aromatic heterocycles. The molecule has 0 unspecified atom stereocenters. The third-order valence-corrected chi connectivity index (χ3v) is 8.58. The molecule has 4 amide bonds. The maximum Gasteiger partial charge on any atom is 0.490 e. The van der Waals surface area contributed by atoms with Crippen LogP contribution < -0.4 is 11.5 Å². The van der Waals surface area contributed by atoms with E-state index in [1.54, 1.807) is 0 Å². The molecule has 1 fully saturated rings. The molecule has 1 saturated heterocycles. The molecule has 11 nitrogen and oxygen atoms in total. The molecular weight excluding hydrogens is 738 g/mol. The molecule has 1 aliphatic heterocycles. The second-order valence-corrected chi connectivity index (χ2v) is 15.1. The number of imide groups is 2. The summed E-state index contributed by atoms with van der Waals surface area (Å²) in [5.41, 5.74) is 14.1. The lowest BCUT2D eigenvalue weighted by Gasteiger charge is -2.44. The second-order valence-electron chi connectivity index (χ2n) is 15.1. The van der Waals surface area contributed by atoms with Crippen LogP contribution in [0.2, 0.25) is 0 Å². The van der Waals surface area contributed by atoms with Crippen molar-refractivity contribution < 1.29 is 60.5 Å². The van der Waals surface area contributed by atoms with E-state index < -0.39 is 47.6 Å². The first-order valence-electron chi connectivity index (χ1n) is 17.5. The van der Waals surface area contributed by atoms with Crippen molar-refractivity contribution in [3.63, 3.8) is 0 Å². The maximum atomic E-state index is 14.4. The molecule has 308 valence electrons. The lowest BCUT2D eigenvalue weighted by Crippen LogP contribution is -2.66. The number of carbonyl (C=O) groups excluding carboxylic acids is 3. The molecule has 2 aromatic rings. The highest BCUT2D eigenvalue weighted by Gasteiger charge is 2.57. The van der Waals surface area contributed by atoms with Crippen LogP contribution in [0.3, 0.4) is 0 Å². The fourth-order valence-corrected chi connectivity index (χ4v) is 5.46. The standard InChI is InChI=1S/C34H50N4O3.2C2HF3O2/c1-32(2,3)27-15-11-25(12-16-27)23-34(24-26-13-17-28(18-14-26)33(4,5)6)29(39)37(21-9-7-19-35)31(41)38(30(34)40)22-10-8-20-36;2*3-2(4,5)1(6)7/h11-18H,7-10,19-24,35-36H2,1-6H3;2*(H,6,7). The molecule has 17 heteroatoms. The fraction of sp³-hybridized carbons (Fsp3) is 0.553. The molecular formula is C38H52F6N4O7. The Hall–Kier alpha value is -4.51. The number of rotatable bonds is 12. The van der Waals surface area contributed by atoms with E-state index in [1.165, 1.54) is 20.9 Å². The number of carbonyl (C=O) groups is 5. The van der Waals surface area contributed by atoms with Crippen molar-refractivity contribution >= 4 is 29.8 Å². The van der Waals surface area contributed by atoms with Gasteiger partial charge in [-0.3, -0.25) is 19.4 Å². The highest BCUT2D eigenvalue weighted by atomic mass is 19.4. The third kappa shape index (κ3) is 14.6. The Labute approximate surface area is 317 Å². The van der Waals surface area contributed by atoms with Gasteiger partial charge < -0.3 is 21.7 Å². The zero-order chi connectivity index (χ0) is 42.6. The van der Waals surface area contributed by atoms with Crippen LogP contribution in [-0.4, -0.2) is 88.3 Å². The van der Waals surface area contributed by atoms with Gasteiger partial charge in [0, 0.05) is 13.1 Å². The number of aliphatic carboxylic acids is 2. The lowest BCUT2D eigenvalue weighted by molar-refractivity contribution is -0.193. The molecule has 0 bridgehead atoms. The van der Waals surface area contributed by atoms with Gasteiger partial charge in [-0.05, 0) is 84.7 Å². The van der Waals surface area contributed by atoms with Crippen molar-refractivity contribution in [1.82, 2.24) is 9.80 Å². The van der Waals surface area contributed by atoms with E-state index in [0.717, 1.165) is 11.1 Å². The van der Waals surface area contributed by atoms with E-state index in [-0.39, 0.29) is 36.8 Å². The first-order chi connectivity index (χ1) is 25.1. The number of benzene rings is 2. The first-order valence-corrected chi connectivity index (χ1v) is 17.5. The van der Waals surface area contributed by atoms with Gasteiger partial charge in [0.25, 0.3) is 0 Å². The predicted octanol–water partition coefficient (Wildman–Crippen LogP) is 6.59. The summed E-state index contributed by atoms with van der Waals surface area (Å²) >= 11 is 0. The van der Waals surface area contributed by atoms with E-state index in [0.29, 0.717) is 38.8 Å². The summed E-state index contributed by atoms with van der Waals surface area (Å²) in [6.45, 7) is 14.4. The minimum atomic E-state index is -5.08. The zero-order valence-corrected chi connectivity index (χ0v) is 31.9. The molecule has 3 rings (SSSR count). The van der Waals surface area contributed by atoms with Crippen molar-refractivity contribution in [2.75, 3.05) is 26.2 Å². The van der Waals surface area contributed by atoms with E-state index in [1.807, 2.05) is 24.3 Å². The summed E-state index contributed by atoms with van der Waals surface area (Å²) in [5, 5.41) is 14.2. The Balaban J connectivity index is 0.000000913. The summed E-state index contributed by atoms with van der Waals surface area (Å²) in [5.74, 6) is -6.35. The molecule has 1 heterocycles. The largest absolute Gasteiger partial charge is 0.490 e. The minimum absolute atomic E-state index is 0.0203. The van der Waals surface area contributed by atoms with Gasteiger partial charge in [-0.25, -0.2) is 14.4 Å². The number of carboxylic acids is 2. The number of carboxylic acid groups (broad SMARTS) is 2. The van der Waals surface area contributed by atoms with Crippen molar-refractivity contribution in [3.8, 4) is 0 Å². The topological polar surface area (TPSA) is 184 Å². The molecule has 6 N–H and O–H groups in total. The van der Waals surface area contributed by atoms with Crippen molar-refractivity contribution in [1.29, 1.82) is 0 Å². The monoisotopic (exact) mass is 790 g/mol. The quantitative estimate of drug-likeness (QED) is 0.105. The Morgan fingerprint density at radius 1 is 0.582 bits per heavy atom. The van der Waals surface area contributed by atoms with Crippen LogP contribution in [0, 0.1) is 5.41 Å². The van der Waals surface area contributed by atoms with Crippen molar-refractivity contribution in [2.24, 2.45) is 16.9 Å². The van der Waals surface area contributed by atoms with Crippen LogP contribution in [0.25, 0.3) is 0 Å². The Kier molecular flexibility index (Phi) is 17.5. The number of halogens is 6. The minimum Gasteiger partial charge on any atom is -0.475 e. The van der Waals surface area contributed by atoms with E-state index in [2.05, 4.69) is 65.8 Å². The lowest BCUT2D eigenvalue weighted by atomic mass is 9.72. The molecule has 0 atom stereocenters. The SMILES string of the molecule is CC(C)(C)c1ccc(CC2(Cc3ccc(C(C)(C)C)cc3)C(=O)N(CCCCN)C(=O)N(CCCCN)C2=O)cc1.O=C(O)C(F)(F)F.O=C(O)C(F)(F)F. The van der Waals surface area contributed by atoms with Crippen LogP contribution in [0.15, 0.2) is 48.5 Å². The van der Waals surface area contributed by atoms with Gasteiger partial charge in [-0.1, -0.05) is 90.1 Å². The number of amides is 4. The number of barbiturate groups is 1. The first kappa shape index (κ1) is 48.5. The summed E-state index contributed by atoms with van der Waals surface area (Å²) < 4.78 is 63.5. The summed E-state index contributed by atoms with van der Waals surface area (Å²) in [4.78, 5) is 62.8. The highest BCUT2D eigenvalue weighted by Crippen LogP contribution is 2.38. The third-order valence-electron chi connectivity index (χ3n) is 8.58. The van der Waals surface area contributed by atoms with Crippen molar-refractivity contribution in [3.05, 3.63) is 70.8 Å². The molecule has 0 aliphatic carbocycles. The number of nitrogens with two attached hydrogens (primary N) is 2. The zero-order valence-electron chi connectivity index (χ0n) is 31.9. The highest BCUT2D eigenvalue weighted by molar-refractivity contribution is 6.19. The summed E-state index contributed by atoms with van der Waals surface area (Å²) in [6, 6.07) is 15.8. The molecule has 0 radical (unpaired) electrons. The number of hydrogen-bond donors (Lipinski definition) is 4. The van der Waals surface area contributed by atoms with E-state index >= 15 is 0 Å². The smallest absolute Gasteiger partial charge is 0.475 e. The fourth-order valence-electron chi connectivity index (χ4n) is 5.46. The van der Waals surface area contributed by atoms with Crippen LogP contribution in [0.5, 0.6) is 0 Å². The number of nitrogens with zero attached hydrogens (tertiary/aromatic N) is 2.